The fourth-order valence-corrected chi connectivity index (χ4v) is 14.5. The number of esters is 1. The van der Waals surface area contributed by atoms with Crippen molar-refractivity contribution in [2.24, 2.45) is 10.8 Å². The summed E-state index contributed by atoms with van der Waals surface area (Å²) in [4.78, 5) is 59.6. The maximum Gasteiger partial charge on any atom is 0.324 e. The topological polar surface area (TPSA) is 171 Å². The molecule has 7 aliphatic heterocycles. The number of hydrogen-bond acceptors (Lipinski definition) is 15. The largest absolute Gasteiger partial charge is 0.464 e. The van der Waals surface area contributed by atoms with Gasteiger partial charge in [0.1, 0.15) is 23.2 Å². The molecule has 77 heavy (non-hydrogen) atoms. The lowest BCUT2D eigenvalue weighted by molar-refractivity contribution is -0.166. The van der Waals surface area contributed by atoms with E-state index < -0.39 is 35.6 Å². The zero-order valence-electron chi connectivity index (χ0n) is 45.9. The predicted octanol–water partition coefficient (Wildman–Crippen LogP) is 7.51. The van der Waals surface area contributed by atoms with E-state index in [9.17, 15) is 9.59 Å². The van der Waals surface area contributed by atoms with E-state index in [1.165, 1.54) is 34.8 Å². The number of piperidine rings is 1. The molecule has 0 unspecified atom stereocenters. The normalized spacial score (nSPS) is 28.2. The molecule has 1 aromatic carbocycles. The monoisotopic (exact) mass is 1080 g/mol. The van der Waals surface area contributed by atoms with Gasteiger partial charge in [0.2, 0.25) is 5.91 Å². The summed E-state index contributed by atoms with van der Waals surface area (Å²) in [6.07, 6.45) is 12.0. The highest BCUT2D eigenvalue weighted by atomic mass is 32.1. The lowest BCUT2D eigenvalue weighted by atomic mass is 9.74. The van der Waals surface area contributed by atoms with Crippen molar-refractivity contribution in [3.05, 3.63) is 57.7 Å². The number of nitrogens with one attached hydrogen (secondary N) is 2. The fraction of sp³-hybridized carbons (Fsp3) is 0.678. The van der Waals surface area contributed by atoms with E-state index in [4.69, 9.17) is 38.4 Å². The molecule has 416 valence electrons. The van der Waals surface area contributed by atoms with Crippen LogP contribution in [-0.4, -0.2) is 163 Å². The summed E-state index contributed by atoms with van der Waals surface area (Å²) in [5.74, 6) is -0.666. The Balaban J connectivity index is 0.999. The highest BCUT2D eigenvalue weighted by Crippen LogP contribution is 2.47. The summed E-state index contributed by atoms with van der Waals surface area (Å²) in [6.45, 7) is 16.4. The molecule has 17 nitrogen and oxygen atoms in total. The van der Waals surface area contributed by atoms with Crippen LogP contribution in [0.2, 0.25) is 0 Å². The maximum absolute atomic E-state index is 15.3. The average Bonchev–Trinajstić information content (AvgIpc) is 4.14. The van der Waals surface area contributed by atoms with Gasteiger partial charge in [0.15, 0.2) is 0 Å². The number of carbonyl (C=O) groups is 3. The second-order valence-electron chi connectivity index (χ2n) is 24.5. The summed E-state index contributed by atoms with van der Waals surface area (Å²) in [5, 5.41) is 8.66. The van der Waals surface area contributed by atoms with Gasteiger partial charge in [-0.05, 0) is 133 Å². The first-order chi connectivity index (χ1) is 37.3. The van der Waals surface area contributed by atoms with E-state index in [2.05, 4.69) is 81.7 Å². The van der Waals surface area contributed by atoms with Crippen LogP contribution in [0, 0.1) is 10.8 Å². The number of thiazole rings is 1. The van der Waals surface area contributed by atoms with Gasteiger partial charge in [-0.25, -0.2) is 10.4 Å². The van der Waals surface area contributed by atoms with Crippen LogP contribution in [0.3, 0.4) is 0 Å². The Morgan fingerprint density at radius 3 is 2.52 bits per heavy atom. The molecule has 2 amide bonds. The highest BCUT2D eigenvalue weighted by molar-refractivity contribution is 7.10. The maximum atomic E-state index is 15.3. The van der Waals surface area contributed by atoms with Crippen molar-refractivity contribution in [3.63, 3.8) is 0 Å². The lowest BCUT2D eigenvalue weighted by Crippen LogP contribution is -2.67. The number of ether oxygens (including phenoxy) is 6. The van der Waals surface area contributed by atoms with Crippen LogP contribution in [0.4, 0.5) is 0 Å². The van der Waals surface area contributed by atoms with E-state index in [0.29, 0.717) is 84.2 Å². The fourth-order valence-electron chi connectivity index (χ4n) is 13.5. The molecule has 1 spiro atoms. The third kappa shape index (κ3) is 11.1. The number of methoxy groups -OCH3 is 1. The molecule has 7 fully saturated rings. The molecule has 6 saturated heterocycles. The first-order valence-electron chi connectivity index (χ1n) is 28.9. The second-order valence-corrected chi connectivity index (χ2v) is 25.4. The number of aromatic nitrogens is 3. The van der Waals surface area contributed by atoms with Crippen LogP contribution in [-0.2, 0) is 55.8 Å². The van der Waals surface area contributed by atoms with Crippen molar-refractivity contribution in [1.82, 2.24) is 40.1 Å². The van der Waals surface area contributed by atoms with Gasteiger partial charge in [0.25, 0.3) is 5.91 Å². The van der Waals surface area contributed by atoms with Crippen molar-refractivity contribution < 1.29 is 42.8 Å². The number of hydrazine groups is 1. The summed E-state index contributed by atoms with van der Waals surface area (Å²) in [5.41, 5.74) is 10.9. The van der Waals surface area contributed by atoms with E-state index in [-0.39, 0.29) is 42.1 Å². The molecular formula is C59H80N8O9S. The first kappa shape index (κ1) is 53.3. The number of cyclic esters (lactones) is 1. The van der Waals surface area contributed by atoms with Crippen LogP contribution in [0.1, 0.15) is 138 Å². The van der Waals surface area contributed by atoms with Gasteiger partial charge in [-0.3, -0.25) is 29.3 Å². The molecule has 10 heterocycles. The molecule has 18 heteroatoms. The third-order valence-electron chi connectivity index (χ3n) is 18.1. The standard InChI is InChI=1S/C59H80N8O9S/c1-36-26-49(76-36)54(68)62-51-53(65-32-59(33-65)17-7-22-73-35-59)55-61-47(31-77-55)39-9-12-48-43(27-39)45(29-58(3,4)34-75-57(70)46-8-6-18-67(63-46)56(51)69)52(66(48)21-25-74-42-15-23-72-24-16-42)44-28-40(30-60-50(44)37(2)71-5)38-13-19-64(20-14-38)41-10-11-41/h9,12,27-28,30-31,36-38,41-42,46,49,51,53,63H,6-8,10-11,13-26,29,32-35H2,1-5H3,(H,62,68)/t36-,37+,46+,49+,51+,53+/m1/s1. The summed E-state index contributed by atoms with van der Waals surface area (Å²) in [6, 6.07) is 7.45. The summed E-state index contributed by atoms with van der Waals surface area (Å²) in [7, 11) is 1.76. The van der Waals surface area contributed by atoms with Crippen LogP contribution in [0.25, 0.3) is 33.4 Å². The number of fused-ring (bicyclic) bond motifs is 6. The number of pyridine rings is 1. The van der Waals surface area contributed by atoms with Gasteiger partial charge in [0.05, 0.1) is 61.3 Å². The smallest absolute Gasteiger partial charge is 0.324 e. The first-order valence-corrected chi connectivity index (χ1v) is 29.8. The molecule has 2 N–H and O–H groups in total. The molecule has 6 atom stereocenters. The molecule has 8 aliphatic rings. The van der Waals surface area contributed by atoms with Gasteiger partial charge in [-0.2, -0.15) is 0 Å². The highest BCUT2D eigenvalue weighted by Gasteiger charge is 2.52. The number of nitrogens with zero attached hydrogens (tertiary/aromatic N) is 6. The van der Waals surface area contributed by atoms with Crippen molar-refractivity contribution in [2.45, 2.75) is 166 Å². The zero-order chi connectivity index (χ0) is 53.0. The van der Waals surface area contributed by atoms with Crippen molar-refractivity contribution in [1.29, 1.82) is 0 Å². The molecule has 1 saturated carbocycles. The predicted molar refractivity (Wildman–Crippen MR) is 292 cm³/mol. The molecule has 4 aromatic rings. The number of hydrogen-bond donors (Lipinski definition) is 2. The molecule has 1 aliphatic carbocycles. The number of carbonyl (C=O) groups excluding carboxylic acids is 3. The quantitative estimate of drug-likeness (QED) is 0.134. The zero-order valence-corrected chi connectivity index (χ0v) is 46.7. The molecule has 12 rings (SSSR count). The Morgan fingerprint density at radius 2 is 1.78 bits per heavy atom. The van der Waals surface area contributed by atoms with E-state index in [1.807, 2.05) is 6.92 Å². The number of likely N-dealkylation sites (tertiary alicyclic amines) is 2. The number of benzene rings is 1. The second kappa shape index (κ2) is 22.3. The van der Waals surface area contributed by atoms with Crippen LogP contribution in [0.15, 0.2) is 35.8 Å². The van der Waals surface area contributed by atoms with E-state index in [0.717, 1.165) is 114 Å². The van der Waals surface area contributed by atoms with Gasteiger partial charge in [-0.15, -0.1) is 11.3 Å². The molecule has 0 radical (unpaired) electrons. The van der Waals surface area contributed by atoms with Crippen molar-refractivity contribution in [2.75, 3.05) is 79.5 Å². The Kier molecular flexibility index (Phi) is 15.4. The average molecular weight is 1080 g/mol. The van der Waals surface area contributed by atoms with Crippen molar-refractivity contribution >= 4 is 40.0 Å². The minimum Gasteiger partial charge on any atom is -0.464 e. The Bertz CT molecular complexity index is 2780. The van der Waals surface area contributed by atoms with Crippen LogP contribution < -0.4 is 10.7 Å². The lowest BCUT2D eigenvalue weighted by Gasteiger charge is -2.55. The van der Waals surface area contributed by atoms with Gasteiger partial charge >= 0.3 is 5.97 Å². The minimum atomic E-state index is -1.03. The minimum absolute atomic E-state index is 0.0355. The third-order valence-corrected chi connectivity index (χ3v) is 19.0. The SMILES string of the molecule is CO[C@@H](C)c1ncc(C2CCN(C3CC3)CC2)cc1-c1c2c3cc(ccc3n1CCOC1CCOCC1)-c1csc(n1)[C@@H](N1CC3(CCCOC3)C1)[C@H](NC(=O)[C@@H]1C[C@@H](C)O1)C(=O)N1CCC[C@H](N1)C(=O)OCC(C)(C)C2. The van der Waals surface area contributed by atoms with Crippen LogP contribution in [0.5, 0.6) is 0 Å². The summed E-state index contributed by atoms with van der Waals surface area (Å²) < 4.78 is 39.3. The molecule has 3 aromatic heterocycles. The number of amides is 2. The van der Waals surface area contributed by atoms with Crippen molar-refractivity contribution in [3.8, 4) is 22.5 Å². The Morgan fingerprint density at radius 1 is 0.974 bits per heavy atom. The van der Waals surface area contributed by atoms with Gasteiger partial charge in [-0.1, -0.05) is 19.9 Å². The van der Waals surface area contributed by atoms with Gasteiger partial charge < -0.3 is 43.2 Å². The Hall–Kier alpha value is -4.37. The summed E-state index contributed by atoms with van der Waals surface area (Å²) >= 11 is 1.52. The molecule has 6 bridgehead atoms. The van der Waals surface area contributed by atoms with Crippen LogP contribution >= 0.6 is 11.3 Å². The van der Waals surface area contributed by atoms with E-state index >= 15 is 4.79 Å². The van der Waals surface area contributed by atoms with Gasteiger partial charge in [0, 0.05) is 110 Å². The van der Waals surface area contributed by atoms with E-state index in [1.54, 1.807) is 7.11 Å². The number of rotatable bonds is 12. The molecular weight excluding hydrogens is 997 g/mol. The Labute approximate surface area is 457 Å².